The molecule has 4 heterocycles. The number of amides is 1. The van der Waals surface area contributed by atoms with E-state index in [2.05, 4.69) is 27.9 Å². The van der Waals surface area contributed by atoms with Crippen LogP contribution in [0.5, 0.6) is 11.5 Å². The zero-order valence-electron chi connectivity index (χ0n) is 24.9. The van der Waals surface area contributed by atoms with Gasteiger partial charge in [-0.3, -0.25) is 18.8 Å². The van der Waals surface area contributed by atoms with Gasteiger partial charge < -0.3 is 20.1 Å². The van der Waals surface area contributed by atoms with E-state index in [0.717, 1.165) is 6.54 Å². The summed E-state index contributed by atoms with van der Waals surface area (Å²) in [5.41, 5.74) is 6.81. The van der Waals surface area contributed by atoms with Crippen LogP contribution in [0.2, 0.25) is 0 Å². The molecule has 6 rings (SSSR count). The minimum atomic E-state index is -0.519. The van der Waals surface area contributed by atoms with E-state index >= 15 is 0 Å². The molecule has 0 bridgehead atoms. The molecule has 2 fully saturated rings. The van der Waals surface area contributed by atoms with E-state index in [1.807, 2.05) is 44.2 Å². The first-order chi connectivity index (χ1) is 21.2. The van der Waals surface area contributed by atoms with Crippen LogP contribution < -0.4 is 16.2 Å². The van der Waals surface area contributed by atoms with Crippen molar-refractivity contribution >= 4 is 22.9 Å². The first-order valence-electron chi connectivity index (χ1n) is 14.5. The summed E-state index contributed by atoms with van der Waals surface area (Å²) in [6.07, 6.45) is 3.06. The molecular weight excluding hydrogens is 560 g/mol. The summed E-state index contributed by atoms with van der Waals surface area (Å²) in [7, 11) is 0. The molecule has 2 aromatic heterocycles. The number of nitrogens with two attached hydrogens (primary N) is 1. The van der Waals surface area contributed by atoms with Crippen molar-refractivity contribution in [3.8, 4) is 23.3 Å². The van der Waals surface area contributed by atoms with Crippen molar-refractivity contribution in [2.75, 3.05) is 38.6 Å². The second-order valence-corrected chi connectivity index (χ2v) is 11.5. The van der Waals surface area contributed by atoms with Crippen LogP contribution in [-0.2, 0) is 9.53 Å². The SMILES string of the molecule is CCN(C1COC1)C(C)(C)C=C(C#N)C(=O)N1CC(n2c(=O)n(-c3ccc(Oc4ccccc4)cc3)c3c(N)ncnc32)C1. The van der Waals surface area contributed by atoms with Crippen LogP contribution >= 0.6 is 0 Å². The summed E-state index contributed by atoms with van der Waals surface area (Å²) in [4.78, 5) is 39.6. The van der Waals surface area contributed by atoms with E-state index < -0.39 is 5.54 Å². The molecule has 0 unspecified atom stereocenters. The van der Waals surface area contributed by atoms with Crippen molar-refractivity contribution in [1.82, 2.24) is 28.9 Å². The molecule has 4 aromatic rings. The maximum absolute atomic E-state index is 13.9. The average molecular weight is 595 g/mol. The minimum absolute atomic E-state index is 0.0753. The third-order valence-corrected chi connectivity index (χ3v) is 8.26. The number of anilines is 1. The fourth-order valence-electron chi connectivity index (χ4n) is 6.00. The molecule has 44 heavy (non-hydrogen) atoms. The molecule has 12 heteroatoms. The van der Waals surface area contributed by atoms with Gasteiger partial charge in [-0.25, -0.2) is 14.8 Å². The average Bonchev–Trinajstić information content (AvgIpc) is 3.26. The van der Waals surface area contributed by atoms with E-state index in [4.69, 9.17) is 15.2 Å². The number of fused-ring (bicyclic) bond motifs is 1. The Labute approximate surface area is 254 Å². The molecule has 0 radical (unpaired) electrons. The Morgan fingerprint density at radius 2 is 1.82 bits per heavy atom. The number of hydrogen-bond acceptors (Lipinski definition) is 9. The smallest absolute Gasteiger partial charge is 0.335 e. The van der Waals surface area contributed by atoms with E-state index in [1.54, 1.807) is 39.8 Å². The number of nitriles is 1. The molecule has 2 N–H and O–H groups in total. The highest BCUT2D eigenvalue weighted by molar-refractivity contribution is 5.98. The molecule has 2 aromatic carbocycles. The van der Waals surface area contributed by atoms with Gasteiger partial charge in [0, 0.05) is 18.6 Å². The number of aromatic nitrogens is 4. The number of ether oxygens (including phenoxy) is 2. The number of nitrogens with zero attached hydrogens (tertiary/aromatic N) is 7. The fourth-order valence-corrected chi connectivity index (χ4v) is 6.00. The lowest BCUT2D eigenvalue weighted by Crippen LogP contribution is -2.57. The number of hydrogen-bond donors (Lipinski definition) is 1. The van der Waals surface area contributed by atoms with Crippen LogP contribution in [0.1, 0.15) is 26.8 Å². The predicted molar refractivity (Wildman–Crippen MR) is 164 cm³/mol. The number of rotatable bonds is 9. The van der Waals surface area contributed by atoms with Gasteiger partial charge in [0.25, 0.3) is 5.91 Å². The number of carbonyl (C=O) groups excluding carboxylic acids is 1. The normalized spacial score (nSPS) is 16.1. The third-order valence-electron chi connectivity index (χ3n) is 8.26. The van der Waals surface area contributed by atoms with E-state index in [9.17, 15) is 14.9 Å². The van der Waals surface area contributed by atoms with Gasteiger partial charge >= 0.3 is 5.69 Å². The van der Waals surface area contributed by atoms with Gasteiger partial charge in [0.05, 0.1) is 31.0 Å². The number of nitrogen functional groups attached to an aromatic ring is 1. The maximum Gasteiger partial charge on any atom is 0.335 e. The van der Waals surface area contributed by atoms with Crippen LogP contribution in [0.15, 0.2) is 77.4 Å². The number of para-hydroxylation sites is 1. The summed E-state index contributed by atoms with van der Waals surface area (Å²) in [6, 6.07) is 18.5. The number of benzene rings is 2. The molecule has 0 saturated carbocycles. The summed E-state index contributed by atoms with van der Waals surface area (Å²) >= 11 is 0. The highest BCUT2D eigenvalue weighted by Crippen LogP contribution is 2.30. The quantitative estimate of drug-likeness (QED) is 0.228. The Balaban J connectivity index is 1.25. The standard InChI is InChI=1S/C32H34N8O4/c1-4-38(24-18-43-19-24)32(2,3)14-21(15-33)30(41)37-16-23(17-37)40-29-27(28(34)35-20-36-29)39(31(40)42)22-10-12-26(13-11-22)44-25-8-6-5-7-9-25/h5-14,20,23-24H,4,16-19H2,1-3H3,(H2,34,35,36). The van der Waals surface area contributed by atoms with Crippen LogP contribution in [0.25, 0.3) is 16.9 Å². The molecule has 0 atom stereocenters. The topological polar surface area (TPSA) is 145 Å². The van der Waals surface area contributed by atoms with Crippen molar-refractivity contribution in [1.29, 1.82) is 5.26 Å². The largest absolute Gasteiger partial charge is 0.457 e. The lowest BCUT2D eigenvalue weighted by molar-refractivity contribution is -0.132. The first kappa shape index (κ1) is 29.1. The summed E-state index contributed by atoms with van der Waals surface area (Å²) in [5.74, 6) is 1.11. The Morgan fingerprint density at radius 3 is 2.43 bits per heavy atom. The summed E-state index contributed by atoms with van der Waals surface area (Å²) in [5, 5.41) is 9.92. The van der Waals surface area contributed by atoms with Gasteiger partial charge in [-0.1, -0.05) is 25.1 Å². The number of likely N-dealkylation sites (tertiary alicyclic amines) is 1. The number of carbonyl (C=O) groups is 1. The molecule has 2 aliphatic heterocycles. The van der Waals surface area contributed by atoms with Crippen molar-refractivity contribution in [2.24, 2.45) is 0 Å². The molecule has 1 amide bonds. The summed E-state index contributed by atoms with van der Waals surface area (Å²) < 4.78 is 14.3. The zero-order chi connectivity index (χ0) is 31.0. The maximum atomic E-state index is 13.9. The minimum Gasteiger partial charge on any atom is -0.457 e. The molecule has 0 aliphatic carbocycles. The fraction of sp³-hybridized carbons (Fsp3) is 0.344. The monoisotopic (exact) mass is 594 g/mol. The van der Waals surface area contributed by atoms with Gasteiger partial charge in [0.1, 0.15) is 35.0 Å². The molecule has 2 aliphatic rings. The van der Waals surface area contributed by atoms with Crippen LogP contribution in [-0.4, -0.2) is 79.2 Å². The predicted octanol–water partition coefficient (Wildman–Crippen LogP) is 3.29. The van der Waals surface area contributed by atoms with E-state index in [1.165, 1.54) is 10.9 Å². The Kier molecular flexibility index (Phi) is 7.67. The number of imidazole rings is 1. The molecule has 12 nitrogen and oxygen atoms in total. The first-order valence-corrected chi connectivity index (χ1v) is 14.5. The second-order valence-electron chi connectivity index (χ2n) is 11.5. The molecule has 2 saturated heterocycles. The Morgan fingerprint density at radius 1 is 1.14 bits per heavy atom. The van der Waals surface area contributed by atoms with Crippen molar-refractivity contribution in [3.05, 3.63) is 83.1 Å². The van der Waals surface area contributed by atoms with Gasteiger partial charge in [-0.05, 0) is 62.9 Å². The van der Waals surface area contributed by atoms with Crippen LogP contribution in [0, 0.1) is 11.3 Å². The number of likely N-dealkylation sites (N-methyl/N-ethyl adjacent to an activating group) is 1. The van der Waals surface area contributed by atoms with Gasteiger partial charge in [0.2, 0.25) is 0 Å². The highest BCUT2D eigenvalue weighted by atomic mass is 16.5. The molecule has 226 valence electrons. The van der Waals surface area contributed by atoms with Crippen LogP contribution in [0.4, 0.5) is 5.82 Å². The van der Waals surface area contributed by atoms with Crippen LogP contribution in [0.3, 0.4) is 0 Å². The Bertz CT molecular complexity index is 1810. The van der Waals surface area contributed by atoms with E-state index in [-0.39, 0.29) is 48.2 Å². The van der Waals surface area contributed by atoms with Crippen molar-refractivity contribution in [3.63, 3.8) is 0 Å². The van der Waals surface area contributed by atoms with Gasteiger partial charge in [-0.15, -0.1) is 0 Å². The lowest BCUT2D eigenvalue weighted by atomic mass is 9.95. The lowest BCUT2D eigenvalue weighted by Gasteiger charge is -2.45. The Hall–Kier alpha value is -4.99. The highest BCUT2D eigenvalue weighted by Gasteiger charge is 2.39. The molecule has 0 spiro atoms. The third kappa shape index (κ3) is 5.21. The van der Waals surface area contributed by atoms with E-state index in [0.29, 0.717) is 41.6 Å². The van der Waals surface area contributed by atoms with Gasteiger partial charge in [-0.2, -0.15) is 5.26 Å². The van der Waals surface area contributed by atoms with Crippen molar-refractivity contribution < 1.29 is 14.3 Å². The zero-order valence-corrected chi connectivity index (χ0v) is 24.9. The van der Waals surface area contributed by atoms with Crippen molar-refractivity contribution in [2.45, 2.75) is 38.4 Å². The summed E-state index contributed by atoms with van der Waals surface area (Å²) in [6.45, 7) is 8.58. The second kappa shape index (κ2) is 11.6. The molecular formula is C32H34N8O4. The van der Waals surface area contributed by atoms with Gasteiger partial charge in [0.15, 0.2) is 11.5 Å².